The van der Waals surface area contributed by atoms with Crippen molar-refractivity contribution >= 4 is 5.91 Å². The van der Waals surface area contributed by atoms with Crippen LogP contribution < -0.4 is 14.8 Å². The summed E-state index contributed by atoms with van der Waals surface area (Å²) in [5, 5.41) is 12.0. The molecule has 0 unspecified atom stereocenters. The molecule has 0 radical (unpaired) electrons. The minimum absolute atomic E-state index is 0.199. The van der Waals surface area contributed by atoms with Gasteiger partial charge in [-0.1, -0.05) is 12.1 Å². The second-order valence-corrected chi connectivity index (χ2v) is 4.42. The maximum absolute atomic E-state index is 12.1. The number of methoxy groups -OCH3 is 2. The van der Waals surface area contributed by atoms with Gasteiger partial charge in [-0.05, 0) is 35.9 Å². The van der Waals surface area contributed by atoms with Crippen molar-refractivity contribution < 1.29 is 19.4 Å². The third-order valence-corrected chi connectivity index (χ3v) is 3.04. The molecule has 2 aromatic carbocycles. The molecule has 0 bridgehead atoms. The SMILES string of the molecule is COc1ccc(C(=O)NCc2ccc(O)cc2)cc1OC. The van der Waals surface area contributed by atoms with E-state index in [4.69, 9.17) is 9.47 Å². The Kier molecular flexibility index (Phi) is 4.66. The van der Waals surface area contributed by atoms with Crippen molar-refractivity contribution in [1.82, 2.24) is 5.32 Å². The molecule has 0 saturated heterocycles. The molecule has 0 aliphatic rings. The van der Waals surface area contributed by atoms with Crippen LogP contribution in [-0.2, 0) is 6.54 Å². The number of rotatable bonds is 5. The van der Waals surface area contributed by atoms with E-state index in [2.05, 4.69) is 5.32 Å². The monoisotopic (exact) mass is 287 g/mol. The van der Waals surface area contributed by atoms with Crippen LogP contribution in [0.3, 0.4) is 0 Å². The van der Waals surface area contributed by atoms with Gasteiger partial charge in [0.05, 0.1) is 14.2 Å². The highest BCUT2D eigenvalue weighted by Gasteiger charge is 2.10. The summed E-state index contributed by atoms with van der Waals surface area (Å²) < 4.78 is 10.3. The minimum atomic E-state index is -0.205. The summed E-state index contributed by atoms with van der Waals surface area (Å²) in [5.74, 6) is 1.08. The molecule has 0 fully saturated rings. The lowest BCUT2D eigenvalue weighted by atomic mass is 10.1. The zero-order valence-electron chi connectivity index (χ0n) is 11.9. The Morgan fingerprint density at radius 2 is 1.71 bits per heavy atom. The average Bonchev–Trinajstić information content (AvgIpc) is 2.53. The molecule has 0 aliphatic carbocycles. The molecule has 2 N–H and O–H groups in total. The van der Waals surface area contributed by atoms with Crippen LogP contribution in [0.25, 0.3) is 0 Å². The molecule has 5 heteroatoms. The number of ether oxygens (including phenoxy) is 2. The molecular formula is C16H17NO4. The van der Waals surface area contributed by atoms with Crippen LogP contribution in [0.4, 0.5) is 0 Å². The maximum atomic E-state index is 12.1. The number of carbonyl (C=O) groups is 1. The standard InChI is InChI=1S/C16H17NO4/c1-20-14-8-5-12(9-15(14)21-2)16(19)17-10-11-3-6-13(18)7-4-11/h3-9,18H,10H2,1-2H3,(H,17,19). The summed E-state index contributed by atoms with van der Waals surface area (Å²) in [6.07, 6.45) is 0. The predicted octanol–water partition coefficient (Wildman–Crippen LogP) is 2.34. The van der Waals surface area contributed by atoms with E-state index in [0.717, 1.165) is 5.56 Å². The Balaban J connectivity index is 2.04. The highest BCUT2D eigenvalue weighted by molar-refractivity contribution is 5.94. The molecule has 0 aromatic heterocycles. The molecule has 2 aromatic rings. The van der Waals surface area contributed by atoms with Crippen molar-refractivity contribution in [3.63, 3.8) is 0 Å². The number of amides is 1. The Bertz CT molecular complexity index is 623. The fraction of sp³-hybridized carbons (Fsp3) is 0.188. The molecule has 0 spiro atoms. The lowest BCUT2D eigenvalue weighted by Crippen LogP contribution is -2.22. The van der Waals surface area contributed by atoms with E-state index in [1.165, 1.54) is 7.11 Å². The van der Waals surface area contributed by atoms with Crippen molar-refractivity contribution in [2.45, 2.75) is 6.54 Å². The number of aromatic hydroxyl groups is 1. The largest absolute Gasteiger partial charge is 0.508 e. The van der Waals surface area contributed by atoms with Crippen molar-refractivity contribution in [2.24, 2.45) is 0 Å². The molecule has 0 saturated carbocycles. The zero-order chi connectivity index (χ0) is 15.2. The van der Waals surface area contributed by atoms with Crippen LogP contribution in [-0.4, -0.2) is 25.2 Å². The van der Waals surface area contributed by atoms with Crippen LogP contribution in [0, 0.1) is 0 Å². The molecule has 2 rings (SSSR count). The van der Waals surface area contributed by atoms with Gasteiger partial charge in [0.2, 0.25) is 0 Å². The fourth-order valence-corrected chi connectivity index (χ4v) is 1.88. The van der Waals surface area contributed by atoms with Gasteiger partial charge in [0.1, 0.15) is 5.75 Å². The third-order valence-electron chi connectivity index (χ3n) is 3.04. The minimum Gasteiger partial charge on any atom is -0.508 e. The van der Waals surface area contributed by atoms with Gasteiger partial charge in [-0.15, -0.1) is 0 Å². The molecule has 1 amide bonds. The summed E-state index contributed by atoms with van der Waals surface area (Å²) >= 11 is 0. The van der Waals surface area contributed by atoms with E-state index in [0.29, 0.717) is 23.6 Å². The van der Waals surface area contributed by atoms with Crippen LogP contribution >= 0.6 is 0 Å². The summed E-state index contributed by atoms with van der Waals surface area (Å²) in [5.41, 5.74) is 1.40. The van der Waals surface area contributed by atoms with Gasteiger partial charge in [0.15, 0.2) is 11.5 Å². The number of hydrogen-bond acceptors (Lipinski definition) is 4. The quantitative estimate of drug-likeness (QED) is 0.885. The first-order chi connectivity index (χ1) is 10.1. The number of nitrogens with one attached hydrogen (secondary N) is 1. The highest BCUT2D eigenvalue weighted by Crippen LogP contribution is 2.27. The van der Waals surface area contributed by atoms with Gasteiger partial charge < -0.3 is 19.9 Å². The molecule has 0 atom stereocenters. The van der Waals surface area contributed by atoms with Gasteiger partial charge in [-0.3, -0.25) is 4.79 Å². The molecule has 21 heavy (non-hydrogen) atoms. The van der Waals surface area contributed by atoms with Gasteiger partial charge in [0.25, 0.3) is 5.91 Å². The number of benzene rings is 2. The first kappa shape index (κ1) is 14.7. The second kappa shape index (κ2) is 6.65. The topological polar surface area (TPSA) is 67.8 Å². The highest BCUT2D eigenvalue weighted by atomic mass is 16.5. The summed E-state index contributed by atoms with van der Waals surface area (Å²) in [6.45, 7) is 0.382. The maximum Gasteiger partial charge on any atom is 0.251 e. The number of phenols is 1. The number of hydrogen-bond donors (Lipinski definition) is 2. The normalized spacial score (nSPS) is 10.0. The summed E-state index contributed by atoms with van der Waals surface area (Å²) in [7, 11) is 3.07. The van der Waals surface area contributed by atoms with Crippen LogP contribution in [0.1, 0.15) is 15.9 Å². The smallest absolute Gasteiger partial charge is 0.251 e. The van der Waals surface area contributed by atoms with E-state index in [-0.39, 0.29) is 11.7 Å². The van der Waals surface area contributed by atoms with E-state index in [1.54, 1.807) is 49.6 Å². The fourth-order valence-electron chi connectivity index (χ4n) is 1.88. The molecule has 0 aliphatic heterocycles. The van der Waals surface area contributed by atoms with Gasteiger partial charge >= 0.3 is 0 Å². The Morgan fingerprint density at radius 3 is 2.33 bits per heavy atom. The van der Waals surface area contributed by atoms with Gasteiger partial charge in [-0.25, -0.2) is 0 Å². The lowest BCUT2D eigenvalue weighted by molar-refractivity contribution is 0.0950. The van der Waals surface area contributed by atoms with Crippen LogP contribution in [0.2, 0.25) is 0 Å². The average molecular weight is 287 g/mol. The second-order valence-electron chi connectivity index (χ2n) is 4.42. The van der Waals surface area contributed by atoms with Gasteiger partial charge in [-0.2, -0.15) is 0 Å². The zero-order valence-corrected chi connectivity index (χ0v) is 11.9. The Hall–Kier alpha value is -2.69. The first-order valence-corrected chi connectivity index (χ1v) is 6.42. The predicted molar refractivity (Wildman–Crippen MR) is 78.8 cm³/mol. The van der Waals surface area contributed by atoms with E-state index in [1.807, 2.05) is 0 Å². The first-order valence-electron chi connectivity index (χ1n) is 6.42. The Labute approximate surface area is 123 Å². The molecular weight excluding hydrogens is 270 g/mol. The summed E-state index contributed by atoms with van der Waals surface area (Å²) in [4.78, 5) is 12.1. The number of carbonyl (C=O) groups excluding carboxylic acids is 1. The van der Waals surface area contributed by atoms with E-state index >= 15 is 0 Å². The molecule has 5 nitrogen and oxygen atoms in total. The van der Waals surface area contributed by atoms with Crippen LogP contribution in [0.5, 0.6) is 17.2 Å². The van der Waals surface area contributed by atoms with Crippen molar-refractivity contribution in [1.29, 1.82) is 0 Å². The van der Waals surface area contributed by atoms with Crippen molar-refractivity contribution in [3.05, 3.63) is 53.6 Å². The van der Waals surface area contributed by atoms with Crippen LogP contribution in [0.15, 0.2) is 42.5 Å². The van der Waals surface area contributed by atoms with E-state index < -0.39 is 0 Å². The third kappa shape index (κ3) is 3.66. The molecule has 110 valence electrons. The Morgan fingerprint density at radius 1 is 1.05 bits per heavy atom. The molecule has 0 heterocycles. The number of phenolic OH excluding ortho intramolecular Hbond substituents is 1. The summed E-state index contributed by atoms with van der Waals surface area (Å²) in [6, 6.07) is 11.7. The van der Waals surface area contributed by atoms with Crippen molar-refractivity contribution in [2.75, 3.05) is 14.2 Å². The van der Waals surface area contributed by atoms with Gasteiger partial charge in [0, 0.05) is 12.1 Å². The van der Waals surface area contributed by atoms with E-state index in [9.17, 15) is 9.90 Å². The van der Waals surface area contributed by atoms with Crippen molar-refractivity contribution in [3.8, 4) is 17.2 Å². The lowest BCUT2D eigenvalue weighted by Gasteiger charge is -2.10.